The zero-order chi connectivity index (χ0) is 13.9. The maximum atomic E-state index is 12.3. The van der Waals surface area contributed by atoms with E-state index in [9.17, 15) is 8.42 Å². The van der Waals surface area contributed by atoms with E-state index in [2.05, 4.69) is 10.2 Å². The Hall–Kier alpha value is -0.920. The molecular weight excluding hydrogens is 254 g/mol. The molecular formula is C11H21N3O3S. The second-order valence-corrected chi connectivity index (χ2v) is 6.49. The summed E-state index contributed by atoms with van der Waals surface area (Å²) in [7, 11) is -1.95. The second-order valence-electron chi connectivity index (χ2n) is 4.51. The number of nitrogens with zero attached hydrogens (tertiary/aromatic N) is 2. The fraction of sp³-hybridized carbons (Fsp3) is 0.727. The molecule has 0 aliphatic carbocycles. The van der Waals surface area contributed by atoms with Gasteiger partial charge in [-0.2, -0.15) is 9.40 Å². The van der Waals surface area contributed by atoms with Gasteiger partial charge in [-0.15, -0.1) is 0 Å². The van der Waals surface area contributed by atoms with Crippen molar-refractivity contribution in [2.24, 2.45) is 0 Å². The SMILES string of the molecule is Cc1n[nH]c(C)c1S(=O)(=O)N(C)CCOC(C)C. The van der Waals surface area contributed by atoms with Gasteiger partial charge in [0, 0.05) is 13.6 Å². The number of hydrogen-bond acceptors (Lipinski definition) is 4. The molecule has 1 aromatic rings. The van der Waals surface area contributed by atoms with Gasteiger partial charge in [-0.3, -0.25) is 5.10 Å². The molecule has 18 heavy (non-hydrogen) atoms. The fourth-order valence-corrected chi connectivity index (χ4v) is 3.09. The number of rotatable bonds is 6. The summed E-state index contributed by atoms with van der Waals surface area (Å²) in [6.07, 6.45) is 0.0958. The number of ether oxygens (including phenoxy) is 1. The zero-order valence-electron chi connectivity index (χ0n) is 11.5. The molecule has 0 bridgehead atoms. The molecule has 0 aliphatic rings. The van der Waals surface area contributed by atoms with Crippen LogP contribution in [-0.4, -0.2) is 49.2 Å². The molecule has 1 rings (SSSR count). The smallest absolute Gasteiger partial charge is 0.246 e. The van der Waals surface area contributed by atoms with Crippen molar-refractivity contribution < 1.29 is 13.2 Å². The number of nitrogens with one attached hydrogen (secondary N) is 1. The van der Waals surface area contributed by atoms with Gasteiger partial charge >= 0.3 is 0 Å². The van der Waals surface area contributed by atoms with Crippen molar-refractivity contribution in [3.8, 4) is 0 Å². The predicted octanol–water partition coefficient (Wildman–Crippen LogP) is 1.07. The molecule has 0 amide bonds. The van der Waals surface area contributed by atoms with E-state index in [0.29, 0.717) is 24.5 Å². The second kappa shape index (κ2) is 5.81. The highest BCUT2D eigenvalue weighted by molar-refractivity contribution is 7.89. The minimum absolute atomic E-state index is 0.0958. The number of aromatic amines is 1. The third-order valence-corrected chi connectivity index (χ3v) is 4.71. The lowest BCUT2D eigenvalue weighted by Crippen LogP contribution is -2.31. The van der Waals surface area contributed by atoms with Crippen molar-refractivity contribution in [3.05, 3.63) is 11.4 Å². The lowest BCUT2D eigenvalue weighted by atomic mass is 10.4. The normalized spacial score (nSPS) is 12.6. The lowest BCUT2D eigenvalue weighted by Gasteiger charge is -2.18. The molecule has 0 aliphatic heterocycles. The van der Waals surface area contributed by atoms with Crippen molar-refractivity contribution in [3.63, 3.8) is 0 Å². The molecule has 1 heterocycles. The third-order valence-electron chi connectivity index (χ3n) is 2.59. The van der Waals surface area contributed by atoms with Gasteiger partial charge in [0.25, 0.3) is 0 Å². The predicted molar refractivity (Wildman–Crippen MR) is 69.0 cm³/mol. The third kappa shape index (κ3) is 3.30. The molecule has 0 unspecified atom stereocenters. The van der Waals surface area contributed by atoms with Gasteiger partial charge in [0.15, 0.2) is 0 Å². The minimum atomic E-state index is -3.50. The van der Waals surface area contributed by atoms with E-state index in [1.54, 1.807) is 20.9 Å². The molecule has 0 atom stereocenters. The van der Waals surface area contributed by atoms with Crippen LogP contribution in [0.5, 0.6) is 0 Å². The number of sulfonamides is 1. The van der Waals surface area contributed by atoms with Crippen LogP contribution >= 0.6 is 0 Å². The van der Waals surface area contributed by atoms with Crippen molar-refractivity contribution >= 4 is 10.0 Å². The Kier molecular flexibility index (Phi) is 4.89. The average Bonchev–Trinajstić information content (AvgIpc) is 2.58. The molecule has 0 saturated heterocycles. The Balaban J connectivity index is 2.81. The molecule has 1 N–H and O–H groups in total. The molecule has 0 spiro atoms. The van der Waals surface area contributed by atoms with Crippen LogP contribution in [0.2, 0.25) is 0 Å². The summed E-state index contributed by atoms with van der Waals surface area (Å²) in [5.74, 6) is 0. The van der Waals surface area contributed by atoms with Crippen molar-refractivity contribution in [2.45, 2.75) is 38.7 Å². The molecule has 104 valence electrons. The summed E-state index contributed by atoms with van der Waals surface area (Å²) < 4.78 is 31.3. The van der Waals surface area contributed by atoms with Crippen LogP contribution in [0.15, 0.2) is 4.90 Å². The van der Waals surface area contributed by atoms with Crippen LogP contribution < -0.4 is 0 Å². The van der Waals surface area contributed by atoms with Gasteiger partial charge in [0.2, 0.25) is 10.0 Å². The van der Waals surface area contributed by atoms with Crippen LogP contribution in [0.1, 0.15) is 25.2 Å². The first kappa shape index (κ1) is 15.1. The molecule has 7 heteroatoms. The number of aryl methyl sites for hydroxylation is 2. The highest BCUT2D eigenvalue weighted by Crippen LogP contribution is 2.20. The summed E-state index contributed by atoms with van der Waals surface area (Å²) >= 11 is 0. The summed E-state index contributed by atoms with van der Waals surface area (Å²) in [5, 5.41) is 6.60. The van der Waals surface area contributed by atoms with Gasteiger partial charge in [0.05, 0.1) is 24.1 Å². The first-order chi connectivity index (χ1) is 8.26. The van der Waals surface area contributed by atoms with Crippen molar-refractivity contribution in [1.82, 2.24) is 14.5 Å². The first-order valence-electron chi connectivity index (χ1n) is 5.86. The summed E-state index contributed by atoms with van der Waals surface area (Å²) in [4.78, 5) is 0.259. The summed E-state index contributed by atoms with van der Waals surface area (Å²) in [6, 6.07) is 0. The van der Waals surface area contributed by atoms with Crippen LogP contribution in [0.4, 0.5) is 0 Å². The standard InChI is InChI=1S/C11H21N3O3S/c1-8(2)17-7-6-14(5)18(15,16)11-9(3)12-13-10(11)4/h8H,6-7H2,1-5H3,(H,12,13). The molecule has 0 radical (unpaired) electrons. The molecule has 0 saturated carbocycles. The molecule has 6 nitrogen and oxygen atoms in total. The highest BCUT2D eigenvalue weighted by Gasteiger charge is 2.26. The number of aromatic nitrogens is 2. The topological polar surface area (TPSA) is 75.3 Å². The van der Waals surface area contributed by atoms with E-state index in [1.165, 1.54) is 4.31 Å². The van der Waals surface area contributed by atoms with Gasteiger partial charge in [0.1, 0.15) is 4.90 Å². The number of likely N-dealkylation sites (N-methyl/N-ethyl adjacent to an activating group) is 1. The van der Waals surface area contributed by atoms with Crippen molar-refractivity contribution in [2.75, 3.05) is 20.2 Å². The van der Waals surface area contributed by atoms with E-state index < -0.39 is 10.0 Å². The zero-order valence-corrected chi connectivity index (χ0v) is 12.3. The number of hydrogen-bond donors (Lipinski definition) is 1. The van der Waals surface area contributed by atoms with E-state index in [0.717, 1.165) is 0 Å². The number of H-pyrrole nitrogens is 1. The van der Waals surface area contributed by atoms with Crippen LogP contribution in [-0.2, 0) is 14.8 Å². The maximum absolute atomic E-state index is 12.3. The van der Waals surface area contributed by atoms with Gasteiger partial charge in [-0.05, 0) is 27.7 Å². The Morgan fingerprint density at radius 1 is 1.39 bits per heavy atom. The van der Waals surface area contributed by atoms with E-state index in [-0.39, 0.29) is 11.0 Å². The van der Waals surface area contributed by atoms with E-state index >= 15 is 0 Å². The molecule has 1 aromatic heterocycles. The van der Waals surface area contributed by atoms with Gasteiger partial charge in [-0.1, -0.05) is 0 Å². The highest BCUT2D eigenvalue weighted by atomic mass is 32.2. The molecule has 0 fully saturated rings. The Labute approximate surface area is 108 Å². The first-order valence-corrected chi connectivity index (χ1v) is 7.30. The fourth-order valence-electron chi connectivity index (χ4n) is 1.61. The average molecular weight is 275 g/mol. The van der Waals surface area contributed by atoms with Crippen LogP contribution in [0.25, 0.3) is 0 Å². The summed E-state index contributed by atoms with van der Waals surface area (Å²) in [5.41, 5.74) is 1.05. The monoisotopic (exact) mass is 275 g/mol. The largest absolute Gasteiger partial charge is 0.377 e. The van der Waals surface area contributed by atoms with Crippen molar-refractivity contribution in [1.29, 1.82) is 0 Å². The van der Waals surface area contributed by atoms with E-state index in [4.69, 9.17) is 4.74 Å². The minimum Gasteiger partial charge on any atom is -0.377 e. The van der Waals surface area contributed by atoms with Crippen LogP contribution in [0.3, 0.4) is 0 Å². The quantitative estimate of drug-likeness (QED) is 0.842. The lowest BCUT2D eigenvalue weighted by molar-refractivity contribution is 0.0737. The Morgan fingerprint density at radius 3 is 2.44 bits per heavy atom. The van der Waals surface area contributed by atoms with Crippen LogP contribution in [0, 0.1) is 13.8 Å². The Morgan fingerprint density at radius 2 is 2.00 bits per heavy atom. The van der Waals surface area contributed by atoms with Gasteiger partial charge in [-0.25, -0.2) is 8.42 Å². The van der Waals surface area contributed by atoms with E-state index in [1.807, 2.05) is 13.8 Å². The molecule has 0 aromatic carbocycles. The maximum Gasteiger partial charge on any atom is 0.246 e. The Bertz CT molecular complexity index is 474. The summed E-state index contributed by atoms with van der Waals surface area (Å²) in [6.45, 7) is 7.91. The van der Waals surface area contributed by atoms with Gasteiger partial charge < -0.3 is 4.74 Å².